The molecule has 2 heterocycles. The van der Waals surface area contributed by atoms with Crippen LogP contribution in [0.2, 0.25) is 0 Å². The fraction of sp³-hybridized carbons (Fsp3) is 0.368. The van der Waals surface area contributed by atoms with Crippen LogP contribution in [0.15, 0.2) is 42.6 Å². The molecule has 0 saturated carbocycles. The number of pyridine rings is 1. The number of hydrogen-bond acceptors (Lipinski definition) is 6. The lowest BCUT2D eigenvalue weighted by Gasteiger charge is -2.26. The highest BCUT2D eigenvalue weighted by atomic mass is 16.5. The first-order chi connectivity index (χ1) is 12.3. The number of nitrogens with one attached hydrogen (secondary N) is 1. The molecule has 1 aromatic heterocycles. The Morgan fingerprint density at radius 1 is 1.20 bits per heavy atom. The third-order valence-electron chi connectivity index (χ3n) is 4.09. The number of benzene rings is 1. The molecule has 1 aromatic carbocycles. The third-order valence-corrected chi connectivity index (χ3v) is 4.09. The van der Waals surface area contributed by atoms with Crippen LogP contribution in [0.1, 0.15) is 11.1 Å². The molecule has 0 atom stereocenters. The Labute approximate surface area is 148 Å². The number of para-hydroxylation sites is 1. The van der Waals surface area contributed by atoms with E-state index in [-0.39, 0.29) is 0 Å². The molecule has 1 aliphatic heterocycles. The van der Waals surface area contributed by atoms with E-state index >= 15 is 0 Å². The monoisotopic (exact) mass is 338 g/mol. The van der Waals surface area contributed by atoms with Gasteiger partial charge in [-0.15, -0.1) is 0 Å². The van der Waals surface area contributed by atoms with E-state index in [0.717, 1.165) is 50.0 Å². The molecule has 0 aliphatic carbocycles. The van der Waals surface area contributed by atoms with Gasteiger partial charge in [0.25, 0.3) is 0 Å². The number of morpholine rings is 1. The fourth-order valence-electron chi connectivity index (χ4n) is 2.65. The average molecular weight is 338 g/mol. The van der Waals surface area contributed by atoms with E-state index in [0.29, 0.717) is 18.7 Å². The molecule has 3 rings (SSSR count). The molecule has 0 spiro atoms. The molecule has 6 nitrogen and oxygen atoms in total. The van der Waals surface area contributed by atoms with E-state index in [1.54, 1.807) is 18.3 Å². The van der Waals surface area contributed by atoms with Gasteiger partial charge in [0.1, 0.15) is 24.2 Å². The molecular weight excluding hydrogens is 316 g/mol. The molecule has 130 valence electrons. The third kappa shape index (κ3) is 5.18. The maximum Gasteiger partial charge on any atom is 0.126 e. The maximum absolute atomic E-state index is 8.81. The van der Waals surface area contributed by atoms with Crippen LogP contribution in [0, 0.1) is 11.3 Å². The van der Waals surface area contributed by atoms with Crippen molar-refractivity contribution in [3.05, 3.63) is 53.7 Å². The van der Waals surface area contributed by atoms with Crippen LogP contribution in [-0.2, 0) is 11.3 Å². The Morgan fingerprint density at radius 3 is 2.80 bits per heavy atom. The van der Waals surface area contributed by atoms with Crippen LogP contribution >= 0.6 is 0 Å². The predicted octanol–water partition coefficient (Wildman–Crippen LogP) is 2.28. The first kappa shape index (κ1) is 17.2. The van der Waals surface area contributed by atoms with Crippen molar-refractivity contribution in [2.45, 2.75) is 6.54 Å². The molecule has 1 saturated heterocycles. The molecule has 0 unspecified atom stereocenters. The summed E-state index contributed by atoms with van der Waals surface area (Å²) >= 11 is 0. The minimum Gasteiger partial charge on any atom is -0.492 e. The van der Waals surface area contributed by atoms with E-state index < -0.39 is 0 Å². The van der Waals surface area contributed by atoms with Crippen molar-refractivity contribution in [2.24, 2.45) is 0 Å². The number of hydrogen-bond donors (Lipinski definition) is 1. The summed E-state index contributed by atoms with van der Waals surface area (Å²) in [6.45, 7) is 5.73. The van der Waals surface area contributed by atoms with Crippen LogP contribution in [0.25, 0.3) is 0 Å². The highest BCUT2D eigenvalue weighted by Gasteiger charge is 2.10. The van der Waals surface area contributed by atoms with Gasteiger partial charge in [0, 0.05) is 37.9 Å². The summed E-state index contributed by atoms with van der Waals surface area (Å²) in [6, 6.07) is 13.6. The van der Waals surface area contributed by atoms with Gasteiger partial charge in [-0.1, -0.05) is 18.2 Å². The van der Waals surface area contributed by atoms with Crippen LogP contribution in [0.3, 0.4) is 0 Å². The molecule has 1 aliphatic rings. The van der Waals surface area contributed by atoms with Crippen LogP contribution in [0.5, 0.6) is 5.75 Å². The molecule has 1 N–H and O–H groups in total. The van der Waals surface area contributed by atoms with Crippen LogP contribution < -0.4 is 10.1 Å². The second-order valence-corrected chi connectivity index (χ2v) is 5.81. The fourth-order valence-corrected chi connectivity index (χ4v) is 2.65. The van der Waals surface area contributed by atoms with Crippen LogP contribution in [0.4, 0.5) is 5.82 Å². The first-order valence-corrected chi connectivity index (χ1v) is 8.46. The molecule has 0 amide bonds. The van der Waals surface area contributed by atoms with E-state index in [9.17, 15) is 0 Å². The lowest BCUT2D eigenvalue weighted by Crippen LogP contribution is -2.38. The van der Waals surface area contributed by atoms with E-state index in [1.807, 2.05) is 24.3 Å². The summed E-state index contributed by atoms with van der Waals surface area (Å²) in [4.78, 5) is 6.58. The molecule has 0 radical (unpaired) electrons. The summed E-state index contributed by atoms with van der Waals surface area (Å²) < 4.78 is 11.3. The van der Waals surface area contributed by atoms with Gasteiger partial charge in [0.2, 0.25) is 0 Å². The van der Waals surface area contributed by atoms with Gasteiger partial charge >= 0.3 is 0 Å². The molecule has 2 aromatic rings. The summed E-state index contributed by atoms with van der Waals surface area (Å²) in [5, 5.41) is 12.1. The van der Waals surface area contributed by atoms with Crippen molar-refractivity contribution >= 4 is 5.82 Å². The van der Waals surface area contributed by atoms with Crippen molar-refractivity contribution in [3.8, 4) is 11.8 Å². The lowest BCUT2D eigenvalue weighted by molar-refractivity contribution is 0.0322. The zero-order chi connectivity index (χ0) is 17.3. The number of nitrogens with zero attached hydrogens (tertiary/aromatic N) is 3. The largest absolute Gasteiger partial charge is 0.492 e. The van der Waals surface area contributed by atoms with Gasteiger partial charge in [-0.2, -0.15) is 5.26 Å². The Bertz CT molecular complexity index is 706. The maximum atomic E-state index is 8.81. The van der Waals surface area contributed by atoms with E-state index in [4.69, 9.17) is 14.7 Å². The number of aromatic nitrogens is 1. The standard InChI is InChI=1S/C19H22N4O2/c20-13-16-5-6-19(21-14-16)22-15-17-3-1-2-4-18(17)25-12-9-23-7-10-24-11-8-23/h1-6,14H,7-12,15H2,(H,21,22). The number of rotatable bonds is 7. The van der Waals surface area contributed by atoms with E-state index in [2.05, 4.69) is 21.3 Å². The molecule has 1 fully saturated rings. The van der Waals surface area contributed by atoms with Gasteiger partial charge in [-0.05, 0) is 18.2 Å². The average Bonchev–Trinajstić information content (AvgIpc) is 2.68. The van der Waals surface area contributed by atoms with Crippen molar-refractivity contribution in [3.63, 3.8) is 0 Å². The number of anilines is 1. The smallest absolute Gasteiger partial charge is 0.126 e. The molecule has 25 heavy (non-hydrogen) atoms. The SMILES string of the molecule is N#Cc1ccc(NCc2ccccc2OCCN2CCOCC2)nc1. The summed E-state index contributed by atoms with van der Waals surface area (Å²) in [5.41, 5.74) is 1.63. The molecule has 6 heteroatoms. The second kappa shape index (κ2) is 9.02. The minimum atomic E-state index is 0.553. The van der Waals surface area contributed by atoms with Gasteiger partial charge in [-0.25, -0.2) is 4.98 Å². The summed E-state index contributed by atoms with van der Waals surface area (Å²) in [7, 11) is 0. The van der Waals surface area contributed by atoms with Gasteiger partial charge in [0.05, 0.1) is 18.8 Å². The number of nitriles is 1. The zero-order valence-electron chi connectivity index (χ0n) is 14.1. The Kier molecular flexibility index (Phi) is 6.21. The highest BCUT2D eigenvalue weighted by molar-refractivity contribution is 5.42. The van der Waals surface area contributed by atoms with Crippen LogP contribution in [-0.4, -0.2) is 49.3 Å². The molecular formula is C19H22N4O2. The van der Waals surface area contributed by atoms with Gasteiger partial charge in [0.15, 0.2) is 0 Å². The second-order valence-electron chi connectivity index (χ2n) is 5.81. The van der Waals surface area contributed by atoms with Crippen molar-refractivity contribution < 1.29 is 9.47 Å². The van der Waals surface area contributed by atoms with Crippen molar-refractivity contribution in [1.29, 1.82) is 5.26 Å². The normalized spacial score (nSPS) is 14.7. The predicted molar refractivity (Wildman–Crippen MR) is 95.5 cm³/mol. The summed E-state index contributed by atoms with van der Waals surface area (Å²) in [6.07, 6.45) is 1.56. The van der Waals surface area contributed by atoms with Gasteiger partial charge in [-0.3, -0.25) is 4.90 Å². The number of ether oxygens (including phenoxy) is 2. The zero-order valence-corrected chi connectivity index (χ0v) is 14.1. The van der Waals surface area contributed by atoms with Crippen molar-refractivity contribution in [1.82, 2.24) is 9.88 Å². The quantitative estimate of drug-likeness (QED) is 0.835. The van der Waals surface area contributed by atoms with Crippen molar-refractivity contribution in [2.75, 3.05) is 44.8 Å². The Morgan fingerprint density at radius 2 is 2.04 bits per heavy atom. The van der Waals surface area contributed by atoms with Gasteiger partial charge < -0.3 is 14.8 Å². The topological polar surface area (TPSA) is 70.4 Å². The Hall–Kier alpha value is -2.62. The lowest BCUT2D eigenvalue weighted by atomic mass is 10.2. The highest BCUT2D eigenvalue weighted by Crippen LogP contribution is 2.19. The first-order valence-electron chi connectivity index (χ1n) is 8.46. The minimum absolute atomic E-state index is 0.553. The van der Waals surface area contributed by atoms with E-state index in [1.165, 1.54) is 0 Å². The Balaban J connectivity index is 1.52. The molecule has 0 bridgehead atoms. The summed E-state index contributed by atoms with van der Waals surface area (Å²) in [5.74, 6) is 1.62.